The zero-order valence-electron chi connectivity index (χ0n) is 21.0. The topological polar surface area (TPSA) is 89.2 Å². The number of aryl methyl sites for hydroxylation is 2. The first-order valence-corrected chi connectivity index (χ1v) is 13.7. The summed E-state index contributed by atoms with van der Waals surface area (Å²) in [6.07, 6.45) is 6.82. The third kappa shape index (κ3) is 5.76. The smallest absolute Gasteiger partial charge is 0.222 e. The van der Waals surface area contributed by atoms with Crippen LogP contribution < -0.4 is 5.32 Å². The molecule has 0 spiro atoms. The summed E-state index contributed by atoms with van der Waals surface area (Å²) in [6.45, 7) is 6.79. The minimum atomic E-state index is -0.459. The van der Waals surface area contributed by atoms with Crippen LogP contribution in [0.1, 0.15) is 84.2 Å². The lowest BCUT2D eigenvalue weighted by Crippen LogP contribution is -2.26. The van der Waals surface area contributed by atoms with Crippen molar-refractivity contribution in [3.63, 3.8) is 0 Å². The number of carbonyl (C=O) groups is 2. The van der Waals surface area contributed by atoms with Gasteiger partial charge in [0.15, 0.2) is 5.82 Å². The first-order valence-electron chi connectivity index (χ1n) is 12.5. The number of aldehydes is 1. The van der Waals surface area contributed by atoms with Crippen molar-refractivity contribution in [1.82, 2.24) is 20.1 Å². The number of nitrogens with one attached hydrogen (secondary N) is 1. The normalized spacial score (nSPS) is 14.6. The molecule has 0 bridgehead atoms. The number of hydrogen-bond donors (Lipinski definition) is 1. The lowest BCUT2D eigenvalue weighted by atomic mass is 9.99. The monoisotopic (exact) mass is 525 g/mol. The number of fused-ring (bicyclic) bond motifs is 3. The second-order valence-corrected chi connectivity index (χ2v) is 10.8. The summed E-state index contributed by atoms with van der Waals surface area (Å²) in [4.78, 5) is 29.7. The zero-order valence-corrected chi connectivity index (χ0v) is 22.6. The number of hydrogen-bond acceptors (Lipinski definition) is 6. The van der Waals surface area contributed by atoms with Gasteiger partial charge in [0.05, 0.1) is 12.1 Å². The Kier molecular flexibility index (Phi) is 8.69. The molecule has 190 valence electrons. The Hall–Kier alpha value is -2.84. The first kappa shape index (κ1) is 26.2. The van der Waals surface area contributed by atoms with E-state index in [-0.39, 0.29) is 12.3 Å². The van der Waals surface area contributed by atoms with Crippen molar-refractivity contribution in [1.29, 1.82) is 0 Å². The van der Waals surface area contributed by atoms with E-state index in [4.69, 9.17) is 16.6 Å². The van der Waals surface area contributed by atoms with Gasteiger partial charge in [0.2, 0.25) is 5.91 Å². The maximum absolute atomic E-state index is 12.9. The van der Waals surface area contributed by atoms with E-state index in [2.05, 4.69) is 33.9 Å². The summed E-state index contributed by atoms with van der Waals surface area (Å²) >= 11 is 7.86. The molecule has 1 unspecified atom stereocenters. The minimum Gasteiger partial charge on any atom is -0.356 e. The lowest BCUT2D eigenvalue weighted by Gasteiger charge is -2.13. The number of rotatable bonds is 11. The molecule has 0 aliphatic carbocycles. The van der Waals surface area contributed by atoms with Gasteiger partial charge in [0, 0.05) is 34.0 Å². The van der Waals surface area contributed by atoms with E-state index in [1.807, 2.05) is 31.2 Å². The SMILES string of the molecule is Cc1sc2c(c1C)C(c1ccc(Cl)cc1)=NC(CC(=O)NCCCCCCCC=O)c1nnc(C)n1-2. The summed E-state index contributed by atoms with van der Waals surface area (Å²) in [5, 5.41) is 13.6. The largest absolute Gasteiger partial charge is 0.356 e. The molecule has 0 saturated heterocycles. The van der Waals surface area contributed by atoms with Crippen molar-refractivity contribution in [3.8, 4) is 5.00 Å². The van der Waals surface area contributed by atoms with Crippen molar-refractivity contribution in [2.75, 3.05) is 6.54 Å². The van der Waals surface area contributed by atoms with Gasteiger partial charge in [-0.3, -0.25) is 14.4 Å². The van der Waals surface area contributed by atoms with E-state index in [0.29, 0.717) is 23.8 Å². The van der Waals surface area contributed by atoms with Crippen LogP contribution in [0.25, 0.3) is 5.00 Å². The van der Waals surface area contributed by atoms with Crippen LogP contribution in [0, 0.1) is 20.8 Å². The molecule has 2 aromatic heterocycles. The molecule has 3 aromatic rings. The van der Waals surface area contributed by atoms with Crippen LogP contribution in [0.5, 0.6) is 0 Å². The number of benzene rings is 1. The van der Waals surface area contributed by atoms with Crippen LogP contribution in [0.4, 0.5) is 0 Å². The van der Waals surface area contributed by atoms with Gasteiger partial charge < -0.3 is 10.1 Å². The Morgan fingerprint density at radius 2 is 1.81 bits per heavy atom. The van der Waals surface area contributed by atoms with E-state index in [1.54, 1.807) is 11.3 Å². The van der Waals surface area contributed by atoms with Crippen LogP contribution >= 0.6 is 22.9 Å². The van der Waals surface area contributed by atoms with Gasteiger partial charge in [-0.15, -0.1) is 21.5 Å². The van der Waals surface area contributed by atoms with Crippen molar-refractivity contribution in [2.24, 2.45) is 4.99 Å². The van der Waals surface area contributed by atoms with Crippen LogP contribution in [-0.2, 0) is 9.59 Å². The van der Waals surface area contributed by atoms with Crippen molar-refractivity contribution < 1.29 is 9.59 Å². The number of halogens is 1. The Morgan fingerprint density at radius 1 is 1.08 bits per heavy atom. The average Bonchev–Trinajstić information content (AvgIpc) is 3.33. The number of aliphatic imine (C=N–C) groups is 1. The van der Waals surface area contributed by atoms with E-state index in [0.717, 1.165) is 66.1 Å². The van der Waals surface area contributed by atoms with E-state index < -0.39 is 6.04 Å². The van der Waals surface area contributed by atoms with Crippen molar-refractivity contribution >= 4 is 40.8 Å². The summed E-state index contributed by atoms with van der Waals surface area (Å²) in [6, 6.07) is 7.22. The third-order valence-electron chi connectivity index (χ3n) is 6.56. The maximum Gasteiger partial charge on any atom is 0.222 e. The number of aromatic nitrogens is 3. The van der Waals surface area contributed by atoms with Crippen LogP contribution in [-0.4, -0.2) is 39.2 Å². The Bertz CT molecular complexity index is 1260. The molecular weight excluding hydrogens is 494 g/mol. The van der Waals surface area contributed by atoms with E-state index in [9.17, 15) is 9.59 Å². The lowest BCUT2D eigenvalue weighted by molar-refractivity contribution is -0.121. The van der Waals surface area contributed by atoms with Crippen LogP contribution in [0.15, 0.2) is 29.3 Å². The summed E-state index contributed by atoms with van der Waals surface area (Å²) in [5.41, 5.74) is 4.03. The van der Waals surface area contributed by atoms with Gasteiger partial charge in [-0.05, 0) is 51.3 Å². The standard InChI is InChI=1S/C27H32ClN5O2S/c1-17-18(2)36-27-24(17)25(20-10-12-21(28)13-11-20)30-22(26-32-31-19(3)33(26)27)16-23(35)29-14-8-6-4-5-7-9-15-34/h10-13,15,22H,4-9,14,16H2,1-3H3,(H,29,35). The number of thiophene rings is 1. The Balaban J connectivity index is 1.57. The molecule has 4 rings (SSSR count). The molecule has 0 fully saturated rings. The molecule has 7 nitrogen and oxygen atoms in total. The first-order chi connectivity index (χ1) is 17.4. The van der Waals surface area contributed by atoms with Crippen LogP contribution in [0.3, 0.4) is 0 Å². The quantitative estimate of drug-likeness (QED) is 0.251. The molecule has 1 atom stereocenters. The fourth-order valence-corrected chi connectivity index (χ4v) is 5.83. The Morgan fingerprint density at radius 3 is 2.56 bits per heavy atom. The molecule has 3 heterocycles. The second-order valence-electron chi connectivity index (χ2n) is 9.18. The van der Waals surface area contributed by atoms with Gasteiger partial charge in [-0.25, -0.2) is 0 Å². The van der Waals surface area contributed by atoms with Gasteiger partial charge in [0.25, 0.3) is 0 Å². The van der Waals surface area contributed by atoms with Gasteiger partial charge in [-0.2, -0.15) is 0 Å². The molecule has 0 saturated carbocycles. The molecule has 1 aromatic carbocycles. The predicted molar refractivity (Wildman–Crippen MR) is 145 cm³/mol. The molecule has 1 amide bonds. The minimum absolute atomic E-state index is 0.0504. The van der Waals surface area contributed by atoms with E-state index >= 15 is 0 Å². The number of amides is 1. The van der Waals surface area contributed by atoms with Crippen LogP contribution in [0.2, 0.25) is 5.02 Å². The summed E-state index contributed by atoms with van der Waals surface area (Å²) in [5.74, 6) is 1.41. The van der Waals surface area contributed by atoms with Gasteiger partial charge in [0.1, 0.15) is 23.2 Å². The zero-order chi connectivity index (χ0) is 25.7. The highest BCUT2D eigenvalue weighted by Gasteiger charge is 2.32. The summed E-state index contributed by atoms with van der Waals surface area (Å²) in [7, 11) is 0. The average molecular weight is 526 g/mol. The highest BCUT2D eigenvalue weighted by Crippen LogP contribution is 2.39. The molecule has 1 N–H and O–H groups in total. The highest BCUT2D eigenvalue weighted by molar-refractivity contribution is 7.15. The molecule has 1 aliphatic rings. The van der Waals surface area contributed by atoms with Gasteiger partial charge >= 0.3 is 0 Å². The maximum atomic E-state index is 12.9. The predicted octanol–water partition coefficient (Wildman–Crippen LogP) is 5.85. The number of nitrogens with zero attached hydrogens (tertiary/aromatic N) is 4. The molecule has 9 heteroatoms. The number of unbranched alkanes of at least 4 members (excludes halogenated alkanes) is 5. The second kappa shape index (κ2) is 11.9. The molecule has 0 radical (unpaired) electrons. The van der Waals surface area contributed by atoms with Crippen molar-refractivity contribution in [2.45, 2.75) is 71.8 Å². The molecular formula is C27H32ClN5O2S. The van der Waals surface area contributed by atoms with Gasteiger partial charge in [-0.1, -0.05) is 43.0 Å². The Labute approximate surface area is 221 Å². The highest BCUT2D eigenvalue weighted by atomic mass is 35.5. The van der Waals surface area contributed by atoms with Crippen molar-refractivity contribution in [3.05, 3.63) is 62.5 Å². The van der Waals surface area contributed by atoms with E-state index in [1.165, 1.54) is 10.4 Å². The fourth-order valence-electron chi connectivity index (χ4n) is 4.49. The third-order valence-corrected chi connectivity index (χ3v) is 8.00. The molecule has 36 heavy (non-hydrogen) atoms. The molecule has 1 aliphatic heterocycles. The summed E-state index contributed by atoms with van der Waals surface area (Å²) < 4.78 is 2.06. The fraction of sp³-hybridized carbons (Fsp3) is 0.444. The number of carbonyl (C=O) groups excluding carboxylic acids is 2.